The largest absolute Gasteiger partial charge is 0.372 e. The smallest absolute Gasteiger partial charge is 0.228 e. The molecule has 2 aromatic carbocycles. The number of benzene rings is 2. The van der Waals surface area contributed by atoms with Gasteiger partial charge in [-0.3, -0.25) is 4.79 Å². The van der Waals surface area contributed by atoms with E-state index >= 15 is 0 Å². The lowest BCUT2D eigenvalue weighted by Crippen LogP contribution is -2.18. The summed E-state index contributed by atoms with van der Waals surface area (Å²) in [6, 6.07) is 14.1. The van der Waals surface area contributed by atoms with E-state index in [4.69, 9.17) is 0 Å². The van der Waals surface area contributed by atoms with Crippen molar-refractivity contribution in [2.24, 2.45) is 7.05 Å². The Morgan fingerprint density at radius 3 is 2.64 bits per heavy atom. The summed E-state index contributed by atoms with van der Waals surface area (Å²) in [6.45, 7) is 2.25. The van der Waals surface area contributed by atoms with Crippen LogP contribution in [0.5, 0.6) is 0 Å². The minimum absolute atomic E-state index is 0.01000. The average molecular weight is 334 g/mol. The summed E-state index contributed by atoms with van der Waals surface area (Å²) >= 11 is 0. The summed E-state index contributed by atoms with van der Waals surface area (Å²) in [4.78, 5) is 19.0. The van der Waals surface area contributed by atoms with Gasteiger partial charge in [0.2, 0.25) is 5.91 Å². The third-order valence-electron chi connectivity index (χ3n) is 4.78. The van der Waals surface area contributed by atoms with Crippen molar-refractivity contribution in [1.82, 2.24) is 9.55 Å². The Kier molecular flexibility index (Phi) is 4.14. The third kappa shape index (κ3) is 3.36. The van der Waals surface area contributed by atoms with Crippen LogP contribution in [0.3, 0.4) is 0 Å². The quantitative estimate of drug-likeness (QED) is 0.796. The van der Waals surface area contributed by atoms with Gasteiger partial charge in [0.15, 0.2) is 0 Å². The number of aromatic nitrogens is 2. The Labute approximate surface area is 147 Å². The third-order valence-corrected chi connectivity index (χ3v) is 4.78. The Balaban J connectivity index is 1.40. The SMILES string of the molecule is Cn1cnc2cc(CC(=O)Nc3ccc(N4CCCC4)cc3)ccc21. The van der Waals surface area contributed by atoms with Gasteiger partial charge in [0.25, 0.3) is 0 Å². The van der Waals surface area contributed by atoms with E-state index in [1.807, 2.05) is 41.9 Å². The molecule has 3 aromatic rings. The number of nitrogens with zero attached hydrogens (tertiary/aromatic N) is 3. The number of aryl methyl sites for hydroxylation is 1. The van der Waals surface area contributed by atoms with Gasteiger partial charge in [0.1, 0.15) is 0 Å². The monoisotopic (exact) mass is 334 g/mol. The molecule has 0 unspecified atom stereocenters. The van der Waals surface area contributed by atoms with E-state index in [0.29, 0.717) is 6.42 Å². The Bertz CT molecular complexity index is 892. The molecule has 0 bridgehead atoms. The highest BCUT2D eigenvalue weighted by Crippen LogP contribution is 2.22. The average Bonchev–Trinajstić information content (AvgIpc) is 3.26. The van der Waals surface area contributed by atoms with E-state index in [1.54, 1.807) is 6.33 Å². The van der Waals surface area contributed by atoms with Crippen LogP contribution in [0.25, 0.3) is 11.0 Å². The molecule has 5 nitrogen and oxygen atoms in total. The fraction of sp³-hybridized carbons (Fsp3) is 0.300. The molecule has 1 saturated heterocycles. The molecule has 1 N–H and O–H groups in total. The van der Waals surface area contributed by atoms with Gasteiger partial charge in [-0.05, 0) is 54.8 Å². The molecule has 1 aromatic heterocycles. The normalized spacial score (nSPS) is 14.2. The number of carbonyl (C=O) groups is 1. The fourth-order valence-electron chi connectivity index (χ4n) is 3.41. The lowest BCUT2D eigenvalue weighted by atomic mass is 10.1. The highest BCUT2D eigenvalue weighted by molar-refractivity contribution is 5.93. The molecule has 2 heterocycles. The molecule has 128 valence electrons. The van der Waals surface area contributed by atoms with Crippen LogP contribution in [0, 0.1) is 0 Å². The molecule has 0 spiro atoms. The lowest BCUT2D eigenvalue weighted by molar-refractivity contribution is -0.115. The number of nitrogens with one attached hydrogen (secondary N) is 1. The number of hydrogen-bond acceptors (Lipinski definition) is 3. The molecular formula is C20H22N4O. The van der Waals surface area contributed by atoms with E-state index in [0.717, 1.165) is 35.4 Å². The fourth-order valence-corrected chi connectivity index (χ4v) is 3.41. The van der Waals surface area contributed by atoms with Crippen LogP contribution in [0.15, 0.2) is 48.8 Å². The summed E-state index contributed by atoms with van der Waals surface area (Å²) in [7, 11) is 1.97. The van der Waals surface area contributed by atoms with Crippen LogP contribution in [0.2, 0.25) is 0 Å². The predicted octanol–water partition coefficient (Wildman–Crippen LogP) is 3.35. The maximum atomic E-state index is 12.3. The summed E-state index contributed by atoms with van der Waals surface area (Å²) in [5.41, 5.74) is 5.03. The van der Waals surface area contributed by atoms with E-state index in [2.05, 4.69) is 27.3 Å². The molecule has 5 heteroatoms. The topological polar surface area (TPSA) is 50.2 Å². The van der Waals surface area contributed by atoms with Gasteiger partial charge in [-0.15, -0.1) is 0 Å². The van der Waals surface area contributed by atoms with Crippen molar-refractivity contribution < 1.29 is 4.79 Å². The van der Waals surface area contributed by atoms with Crippen LogP contribution in [-0.2, 0) is 18.3 Å². The highest BCUT2D eigenvalue weighted by atomic mass is 16.1. The first-order valence-electron chi connectivity index (χ1n) is 8.74. The van der Waals surface area contributed by atoms with Gasteiger partial charge in [-0.2, -0.15) is 0 Å². The van der Waals surface area contributed by atoms with Gasteiger partial charge in [-0.1, -0.05) is 6.07 Å². The first-order chi connectivity index (χ1) is 12.2. The molecule has 1 aliphatic heterocycles. The molecule has 1 fully saturated rings. The molecule has 0 radical (unpaired) electrons. The first-order valence-corrected chi connectivity index (χ1v) is 8.74. The zero-order valence-corrected chi connectivity index (χ0v) is 14.4. The van der Waals surface area contributed by atoms with Crippen molar-refractivity contribution in [2.45, 2.75) is 19.3 Å². The molecule has 25 heavy (non-hydrogen) atoms. The maximum Gasteiger partial charge on any atom is 0.228 e. The minimum atomic E-state index is -0.01000. The van der Waals surface area contributed by atoms with Gasteiger partial charge < -0.3 is 14.8 Å². The van der Waals surface area contributed by atoms with Crippen LogP contribution < -0.4 is 10.2 Å². The lowest BCUT2D eigenvalue weighted by Gasteiger charge is -2.17. The molecule has 0 saturated carbocycles. The van der Waals surface area contributed by atoms with Crippen LogP contribution in [0.1, 0.15) is 18.4 Å². The number of hydrogen-bond donors (Lipinski definition) is 1. The first kappa shape index (κ1) is 15.7. The van der Waals surface area contributed by atoms with Gasteiger partial charge >= 0.3 is 0 Å². The van der Waals surface area contributed by atoms with Crippen molar-refractivity contribution in [1.29, 1.82) is 0 Å². The second-order valence-corrected chi connectivity index (χ2v) is 6.64. The van der Waals surface area contributed by atoms with Gasteiger partial charge in [-0.25, -0.2) is 4.98 Å². The van der Waals surface area contributed by atoms with E-state index in [1.165, 1.54) is 18.5 Å². The second-order valence-electron chi connectivity index (χ2n) is 6.64. The zero-order chi connectivity index (χ0) is 17.2. The number of imidazole rings is 1. The van der Waals surface area contributed by atoms with Crippen molar-refractivity contribution in [3.05, 3.63) is 54.4 Å². The Morgan fingerprint density at radius 1 is 1.12 bits per heavy atom. The van der Waals surface area contributed by atoms with Gasteiger partial charge in [0, 0.05) is 31.5 Å². The minimum Gasteiger partial charge on any atom is -0.372 e. The van der Waals surface area contributed by atoms with E-state index < -0.39 is 0 Å². The van der Waals surface area contributed by atoms with Crippen LogP contribution >= 0.6 is 0 Å². The van der Waals surface area contributed by atoms with Crippen molar-refractivity contribution in [2.75, 3.05) is 23.3 Å². The number of amides is 1. The predicted molar refractivity (Wildman–Crippen MR) is 101 cm³/mol. The van der Waals surface area contributed by atoms with Crippen molar-refractivity contribution >= 4 is 28.3 Å². The number of rotatable bonds is 4. The number of carbonyl (C=O) groups excluding carboxylic acids is 1. The molecule has 0 aliphatic carbocycles. The van der Waals surface area contributed by atoms with Gasteiger partial charge in [0.05, 0.1) is 23.8 Å². The summed E-state index contributed by atoms with van der Waals surface area (Å²) in [5, 5.41) is 2.98. The molecule has 0 atom stereocenters. The summed E-state index contributed by atoms with van der Waals surface area (Å²) < 4.78 is 1.97. The zero-order valence-electron chi connectivity index (χ0n) is 14.4. The van der Waals surface area contributed by atoms with Crippen LogP contribution in [0.4, 0.5) is 11.4 Å². The van der Waals surface area contributed by atoms with Crippen LogP contribution in [-0.4, -0.2) is 28.5 Å². The molecular weight excluding hydrogens is 312 g/mol. The summed E-state index contributed by atoms with van der Waals surface area (Å²) in [5.74, 6) is -0.01000. The van der Waals surface area contributed by atoms with Crippen molar-refractivity contribution in [3.63, 3.8) is 0 Å². The Hall–Kier alpha value is -2.82. The number of fused-ring (bicyclic) bond motifs is 1. The number of anilines is 2. The molecule has 1 aliphatic rings. The van der Waals surface area contributed by atoms with E-state index in [9.17, 15) is 4.79 Å². The standard InChI is InChI=1S/C20H22N4O/c1-23-14-21-18-12-15(4-9-19(18)23)13-20(25)22-16-5-7-17(8-6-16)24-10-2-3-11-24/h4-9,12,14H,2-3,10-11,13H2,1H3,(H,22,25). The molecule has 4 rings (SSSR count). The Morgan fingerprint density at radius 2 is 1.88 bits per heavy atom. The van der Waals surface area contributed by atoms with Crippen molar-refractivity contribution in [3.8, 4) is 0 Å². The second kappa shape index (κ2) is 6.59. The van der Waals surface area contributed by atoms with E-state index in [-0.39, 0.29) is 5.91 Å². The maximum absolute atomic E-state index is 12.3. The summed E-state index contributed by atoms with van der Waals surface area (Å²) in [6.07, 6.45) is 4.66. The highest BCUT2D eigenvalue weighted by Gasteiger charge is 2.12. The molecule has 1 amide bonds.